The summed E-state index contributed by atoms with van der Waals surface area (Å²) in [6, 6.07) is 16.5. The number of rotatable bonds is 7. The van der Waals surface area contributed by atoms with Crippen molar-refractivity contribution < 1.29 is 23.0 Å². The fraction of sp³-hybridized carbons (Fsp3) is 0.158. The van der Waals surface area contributed by atoms with E-state index < -0.39 is 6.36 Å². The largest absolute Gasteiger partial charge is 0.573 e. The van der Waals surface area contributed by atoms with Crippen LogP contribution in [-0.2, 0) is 0 Å². The molecule has 0 aliphatic rings. The van der Waals surface area contributed by atoms with Gasteiger partial charge in [0.05, 0.1) is 18.0 Å². The molecule has 0 saturated carbocycles. The third-order valence-corrected chi connectivity index (χ3v) is 3.57. The van der Waals surface area contributed by atoms with E-state index in [0.29, 0.717) is 5.69 Å². The van der Waals surface area contributed by atoms with Gasteiger partial charge in [-0.1, -0.05) is 42.5 Å². The number of nitrogens with one attached hydrogen (secondary N) is 2. The van der Waals surface area contributed by atoms with Crippen molar-refractivity contribution in [3.63, 3.8) is 0 Å². The maximum atomic E-state index is 12.6. The Bertz CT molecular complexity index is 921. The summed E-state index contributed by atoms with van der Waals surface area (Å²) in [5, 5.41) is 14.7. The van der Waals surface area contributed by atoms with Crippen molar-refractivity contribution in [1.82, 2.24) is 9.97 Å². The third kappa shape index (κ3) is 5.34. The van der Waals surface area contributed by atoms with Crippen molar-refractivity contribution in [2.24, 2.45) is 0 Å². The molecule has 3 aromatic rings. The molecule has 3 rings (SSSR count). The number of para-hydroxylation sites is 2. The van der Waals surface area contributed by atoms with Crippen molar-refractivity contribution in [3.8, 4) is 17.0 Å². The third-order valence-electron chi connectivity index (χ3n) is 3.57. The van der Waals surface area contributed by atoms with E-state index in [1.54, 1.807) is 12.1 Å². The van der Waals surface area contributed by atoms with Crippen LogP contribution in [0.25, 0.3) is 11.3 Å². The zero-order valence-corrected chi connectivity index (χ0v) is 14.6. The van der Waals surface area contributed by atoms with E-state index in [4.69, 9.17) is 5.11 Å². The second kappa shape index (κ2) is 8.57. The second-order valence-corrected chi connectivity index (χ2v) is 5.65. The molecule has 1 heterocycles. The molecule has 0 bridgehead atoms. The smallest absolute Gasteiger partial charge is 0.404 e. The number of aromatic nitrogens is 2. The van der Waals surface area contributed by atoms with E-state index in [1.165, 1.54) is 18.2 Å². The topological polar surface area (TPSA) is 79.3 Å². The maximum absolute atomic E-state index is 12.6. The number of anilines is 3. The van der Waals surface area contributed by atoms with Gasteiger partial charge in [0.15, 0.2) is 5.75 Å². The molecule has 0 aliphatic heterocycles. The number of halogens is 3. The van der Waals surface area contributed by atoms with Crippen LogP contribution in [0.3, 0.4) is 0 Å². The van der Waals surface area contributed by atoms with Crippen molar-refractivity contribution in [2.75, 3.05) is 23.8 Å². The molecule has 0 saturated heterocycles. The molecule has 0 spiro atoms. The predicted molar refractivity (Wildman–Crippen MR) is 99.5 cm³/mol. The minimum atomic E-state index is -4.81. The molecule has 2 aromatic carbocycles. The van der Waals surface area contributed by atoms with Gasteiger partial charge in [0.2, 0.25) is 5.95 Å². The van der Waals surface area contributed by atoms with Gasteiger partial charge >= 0.3 is 6.36 Å². The maximum Gasteiger partial charge on any atom is 0.573 e. The summed E-state index contributed by atoms with van der Waals surface area (Å²) in [5.41, 5.74) is 1.47. The molecule has 28 heavy (non-hydrogen) atoms. The van der Waals surface area contributed by atoms with E-state index in [0.717, 1.165) is 5.56 Å². The SMILES string of the molecule is OCCNc1nc(Nc2ccccc2OC(F)(F)F)cc(-c2ccccc2)n1. The van der Waals surface area contributed by atoms with Crippen molar-refractivity contribution >= 4 is 17.5 Å². The lowest BCUT2D eigenvalue weighted by molar-refractivity contribution is -0.274. The Morgan fingerprint density at radius 3 is 2.39 bits per heavy atom. The summed E-state index contributed by atoms with van der Waals surface area (Å²) in [6.45, 7) is 0.107. The van der Waals surface area contributed by atoms with Crippen LogP contribution in [-0.4, -0.2) is 34.6 Å². The lowest BCUT2D eigenvalue weighted by Crippen LogP contribution is -2.18. The van der Waals surface area contributed by atoms with Crippen LogP contribution in [0.4, 0.5) is 30.6 Å². The highest BCUT2D eigenvalue weighted by molar-refractivity contribution is 5.69. The summed E-state index contributed by atoms with van der Waals surface area (Å²) in [5.74, 6) is 0.124. The number of hydrogen-bond donors (Lipinski definition) is 3. The molecule has 6 nitrogen and oxygen atoms in total. The van der Waals surface area contributed by atoms with Crippen LogP contribution in [0.2, 0.25) is 0 Å². The fourth-order valence-electron chi connectivity index (χ4n) is 2.44. The van der Waals surface area contributed by atoms with Gasteiger partial charge in [-0.3, -0.25) is 0 Å². The Morgan fingerprint density at radius 2 is 1.68 bits per heavy atom. The lowest BCUT2D eigenvalue weighted by Gasteiger charge is -2.15. The predicted octanol–water partition coefficient (Wildman–Crippen LogP) is 4.19. The fourth-order valence-corrected chi connectivity index (χ4v) is 2.44. The Hall–Kier alpha value is -3.33. The average Bonchev–Trinajstić information content (AvgIpc) is 2.67. The Kier molecular flexibility index (Phi) is 5.95. The van der Waals surface area contributed by atoms with Crippen molar-refractivity contribution in [2.45, 2.75) is 6.36 Å². The van der Waals surface area contributed by atoms with E-state index in [1.807, 2.05) is 30.3 Å². The minimum absolute atomic E-state index is 0.102. The highest BCUT2D eigenvalue weighted by Gasteiger charge is 2.32. The summed E-state index contributed by atoms with van der Waals surface area (Å²) in [4.78, 5) is 8.63. The highest BCUT2D eigenvalue weighted by atomic mass is 19.4. The Labute approximate surface area is 159 Å². The van der Waals surface area contributed by atoms with E-state index >= 15 is 0 Å². The molecular weight excluding hydrogens is 373 g/mol. The molecule has 0 unspecified atom stereocenters. The number of nitrogens with zero attached hydrogens (tertiary/aromatic N) is 2. The van der Waals surface area contributed by atoms with Crippen LogP contribution in [0.5, 0.6) is 5.75 Å². The van der Waals surface area contributed by atoms with Gasteiger partial charge in [-0.2, -0.15) is 4.98 Å². The van der Waals surface area contributed by atoms with Crippen LogP contribution >= 0.6 is 0 Å². The van der Waals surface area contributed by atoms with E-state index in [-0.39, 0.29) is 36.4 Å². The monoisotopic (exact) mass is 390 g/mol. The molecule has 146 valence electrons. The van der Waals surface area contributed by atoms with Gasteiger partial charge < -0.3 is 20.5 Å². The lowest BCUT2D eigenvalue weighted by atomic mass is 10.1. The number of aliphatic hydroxyl groups excluding tert-OH is 1. The van der Waals surface area contributed by atoms with Gasteiger partial charge in [-0.25, -0.2) is 4.98 Å². The molecule has 0 radical (unpaired) electrons. The zero-order chi connectivity index (χ0) is 20.0. The molecule has 3 N–H and O–H groups in total. The summed E-state index contributed by atoms with van der Waals surface area (Å²) in [7, 11) is 0. The highest BCUT2D eigenvalue weighted by Crippen LogP contribution is 2.32. The van der Waals surface area contributed by atoms with Gasteiger partial charge in [0, 0.05) is 18.2 Å². The van der Waals surface area contributed by atoms with Crippen LogP contribution < -0.4 is 15.4 Å². The first-order chi connectivity index (χ1) is 13.4. The molecule has 1 aromatic heterocycles. The average molecular weight is 390 g/mol. The van der Waals surface area contributed by atoms with E-state index in [9.17, 15) is 13.2 Å². The van der Waals surface area contributed by atoms with Crippen LogP contribution in [0.15, 0.2) is 60.7 Å². The molecule has 0 fully saturated rings. The normalized spacial score (nSPS) is 11.1. The molecule has 0 amide bonds. The van der Waals surface area contributed by atoms with Crippen molar-refractivity contribution in [3.05, 3.63) is 60.7 Å². The number of ether oxygens (including phenoxy) is 1. The number of benzene rings is 2. The van der Waals surface area contributed by atoms with Gasteiger partial charge in [-0.15, -0.1) is 13.2 Å². The second-order valence-electron chi connectivity index (χ2n) is 5.65. The molecule has 9 heteroatoms. The first-order valence-electron chi connectivity index (χ1n) is 8.35. The summed E-state index contributed by atoms with van der Waals surface area (Å²) < 4.78 is 42.0. The number of hydrogen-bond acceptors (Lipinski definition) is 6. The zero-order valence-electron chi connectivity index (χ0n) is 14.6. The Morgan fingerprint density at radius 1 is 0.964 bits per heavy atom. The molecule has 0 atom stereocenters. The van der Waals surface area contributed by atoms with Gasteiger partial charge in [0.25, 0.3) is 0 Å². The number of alkyl halides is 3. The standard InChI is InChI=1S/C19H17F3N4O2/c20-19(21,22)28-16-9-5-4-8-14(16)24-17-12-15(13-6-2-1-3-7-13)25-18(26-17)23-10-11-27/h1-9,12,27H,10-11H2,(H2,23,24,25,26). The van der Waals surface area contributed by atoms with Crippen LogP contribution in [0, 0.1) is 0 Å². The Balaban J connectivity index is 1.95. The van der Waals surface area contributed by atoms with E-state index in [2.05, 4.69) is 25.3 Å². The number of aliphatic hydroxyl groups is 1. The minimum Gasteiger partial charge on any atom is -0.404 e. The molecule has 0 aliphatic carbocycles. The van der Waals surface area contributed by atoms with Crippen molar-refractivity contribution in [1.29, 1.82) is 0 Å². The van der Waals surface area contributed by atoms with Gasteiger partial charge in [0.1, 0.15) is 5.82 Å². The first kappa shape index (κ1) is 19.4. The summed E-state index contributed by atoms with van der Waals surface area (Å²) >= 11 is 0. The quantitative estimate of drug-likeness (QED) is 0.561. The first-order valence-corrected chi connectivity index (χ1v) is 8.35. The van der Waals surface area contributed by atoms with Gasteiger partial charge in [-0.05, 0) is 12.1 Å². The molecular formula is C19H17F3N4O2. The van der Waals surface area contributed by atoms with Crippen LogP contribution in [0.1, 0.15) is 0 Å². The summed E-state index contributed by atoms with van der Waals surface area (Å²) in [6.07, 6.45) is -4.81.